The molecule has 110 valence electrons. The minimum Gasteiger partial charge on any atom is -0.382 e. The van der Waals surface area contributed by atoms with Crippen LogP contribution in [0.15, 0.2) is 60.7 Å². The maximum Gasteiger partial charge on any atom is 0.121 e. The third kappa shape index (κ3) is 3.16. The molecule has 3 heteroatoms. The van der Waals surface area contributed by atoms with Gasteiger partial charge in [-0.2, -0.15) is 0 Å². The van der Waals surface area contributed by atoms with Gasteiger partial charge < -0.3 is 15.2 Å². The second kappa shape index (κ2) is 6.39. The number of ether oxygens (including phenoxy) is 1. The number of hydrogen-bond donors (Lipinski definition) is 2. The largest absolute Gasteiger partial charge is 0.382 e. The summed E-state index contributed by atoms with van der Waals surface area (Å²) in [6.07, 6.45) is 0.304. The third-order valence-corrected chi connectivity index (χ3v) is 4.05. The first-order chi connectivity index (χ1) is 10.3. The van der Waals surface area contributed by atoms with Crippen LogP contribution < -0.4 is 5.32 Å². The van der Waals surface area contributed by atoms with Crippen molar-refractivity contribution in [3.05, 3.63) is 71.8 Å². The average molecular weight is 283 g/mol. The van der Waals surface area contributed by atoms with Gasteiger partial charge in [-0.3, -0.25) is 0 Å². The monoisotopic (exact) mass is 283 g/mol. The molecule has 1 heterocycles. The topological polar surface area (TPSA) is 41.5 Å². The molecule has 21 heavy (non-hydrogen) atoms. The van der Waals surface area contributed by atoms with Crippen LogP contribution in [0.2, 0.25) is 0 Å². The van der Waals surface area contributed by atoms with Gasteiger partial charge in [-0.1, -0.05) is 60.7 Å². The van der Waals surface area contributed by atoms with Crippen LogP contribution in [0.4, 0.5) is 0 Å². The predicted octanol–water partition coefficient (Wildman–Crippen LogP) is 2.11. The fraction of sp³-hybridized carbons (Fsp3) is 0.333. The highest BCUT2D eigenvalue weighted by atomic mass is 16.5. The maximum absolute atomic E-state index is 11.4. The third-order valence-electron chi connectivity index (χ3n) is 4.05. The fourth-order valence-electron chi connectivity index (χ4n) is 2.91. The molecule has 1 saturated heterocycles. The zero-order valence-electron chi connectivity index (χ0n) is 12.0. The number of hydrogen-bond acceptors (Lipinski definition) is 3. The van der Waals surface area contributed by atoms with E-state index in [1.165, 1.54) is 0 Å². The van der Waals surface area contributed by atoms with Gasteiger partial charge in [0, 0.05) is 19.5 Å². The molecular weight excluding hydrogens is 262 g/mol. The number of aliphatic hydroxyl groups is 1. The molecule has 2 aromatic rings. The number of benzene rings is 2. The van der Waals surface area contributed by atoms with Gasteiger partial charge in [-0.25, -0.2) is 0 Å². The molecule has 0 saturated carbocycles. The van der Waals surface area contributed by atoms with Crippen LogP contribution in [0.1, 0.15) is 11.1 Å². The highest BCUT2D eigenvalue weighted by molar-refractivity contribution is 5.28. The number of rotatable bonds is 4. The molecule has 1 aliphatic heterocycles. The molecule has 0 radical (unpaired) electrons. The summed E-state index contributed by atoms with van der Waals surface area (Å²) in [4.78, 5) is 0. The minimum absolute atomic E-state index is 0.242. The fourth-order valence-corrected chi connectivity index (χ4v) is 2.91. The summed E-state index contributed by atoms with van der Waals surface area (Å²) >= 11 is 0. The van der Waals surface area contributed by atoms with Gasteiger partial charge in [-0.15, -0.1) is 0 Å². The van der Waals surface area contributed by atoms with Crippen molar-refractivity contribution in [3.8, 4) is 0 Å². The molecule has 0 bridgehead atoms. The van der Waals surface area contributed by atoms with Crippen LogP contribution in [-0.2, 0) is 16.8 Å². The van der Waals surface area contributed by atoms with E-state index in [1.807, 2.05) is 60.7 Å². The lowest BCUT2D eigenvalue weighted by Crippen LogP contribution is -2.52. The first-order valence-electron chi connectivity index (χ1n) is 7.43. The molecule has 2 aromatic carbocycles. The Kier molecular flexibility index (Phi) is 4.34. The molecule has 3 nitrogen and oxygen atoms in total. The van der Waals surface area contributed by atoms with Gasteiger partial charge in [0.2, 0.25) is 0 Å². The molecule has 1 fully saturated rings. The molecule has 2 N–H and O–H groups in total. The lowest BCUT2D eigenvalue weighted by molar-refractivity contribution is -0.124. The Hall–Kier alpha value is -1.68. The van der Waals surface area contributed by atoms with Crippen molar-refractivity contribution in [2.24, 2.45) is 0 Å². The summed E-state index contributed by atoms with van der Waals surface area (Å²) in [7, 11) is 0. The molecule has 0 spiro atoms. The predicted molar refractivity (Wildman–Crippen MR) is 83.1 cm³/mol. The lowest BCUT2D eigenvalue weighted by atomic mass is 9.82. The van der Waals surface area contributed by atoms with Crippen molar-refractivity contribution in [2.75, 3.05) is 19.7 Å². The quantitative estimate of drug-likeness (QED) is 0.903. The second-order valence-electron chi connectivity index (χ2n) is 5.52. The molecule has 3 rings (SSSR count). The van der Waals surface area contributed by atoms with Crippen LogP contribution >= 0.6 is 0 Å². The summed E-state index contributed by atoms with van der Waals surface area (Å²) in [5.41, 5.74) is 0.997. The van der Waals surface area contributed by atoms with E-state index in [0.717, 1.165) is 17.7 Å². The van der Waals surface area contributed by atoms with E-state index in [9.17, 15) is 5.11 Å². The second-order valence-corrected chi connectivity index (χ2v) is 5.52. The highest BCUT2D eigenvalue weighted by Crippen LogP contribution is 2.31. The zero-order chi connectivity index (χ0) is 14.5. The first-order valence-corrected chi connectivity index (χ1v) is 7.43. The summed E-state index contributed by atoms with van der Waals surface area (Å²) < 4.78 is 5.86. The molecule has 2 atom stereocenters. The summed E-state index contributed by atoms with van der Waals surface area (Å²) in [5.74, 6) is 0. The molecule has 0 aliphatic carbocycles. The maximum atomic E-state index is 11.4. The molecule has 1 aliphatic rings. The van der Waals surface area contributed by atoms with Crippen molar-refractivity contribution in [1.29, 1.82) is 0 Å². The number of nitrogens with one attached hydrogen (secondary N) is 1. The van der Waals surface area contributed by atoms with Crippen molar-refractivity contribution >= 4 is 0 Å². The average Bonchev–Trinajstić information content (AvgIpc) is 2.57. The van der Waals surface area contributed by atoms with Crippen molar-refractivity contribution in [3.63, 3.8) is 0 Å². The van der Waals surface area contributed by atoms with Gasteiger partial charge in [0.1, 0.15) is 11.7 Å². The van der Waals surface area contributed by atoms with E-state index in [2.05, 4.69) is 5.32 Å². The summed E-state index contributed by atoms with van der Waals surface area (Å²) in [6.45, 7) is 2.14. The Morgan fingerprint density at radius 2 is 1.71 bits per heavy atom. The van der Waals surface area contributed by atoms with E-state index < -0.39 is 5.60 Å². The lowest BCUT2D eigenvalue weighted by Gasteiger charge is -2.39. The zero-order valence-corrected chi connectivity index (χ0v) is 12.0. The van der Waals surface area contributed by atoms with Gasteiger partial charge in [0.25, 0.3) is 0 Å². The van der Waals surface area contributed by atoms with Crippen LogP contribution in [0, 0.1) is 0 Å². The SMILES string of the molecule is OC(Cc1ccccc1)(c1ccccc1)[C@@H]1CNCCO1. The van der Waals surface area contributed by atoms with Gasteiger partial charge in [-0.05, 0) is 11.1 Å². The van der Waals surface area contributed by atoms with Crippen molar-refractivity contribution in [2.45, 2.75) is 18.1 Å². The van der Waals surface area contributed by atoms with E-state index in [-0.39, 0.29) is 6.10 Å². The Labute approximate surface area is 125 Å². The minimum atomic E-state index is -1.02. The molecule has 0 amide bonds. The van der Waals surface area contributed by atoms with Crippen LogP contribution in [0.25, 0.3) is 0 Å². The first kappa shape index (κ1) is 14.3. The van der Waals surface area contributed by atoms with Crippen LogP contribution in [0.3, 0.4) is 0 Å². The van der Waals surface area contributed by atoms with Crippen LogP contribution in [0.5, 0.6) is 0 Å². The van der Waals surface area contributed by atoms with E-state index in [0.29, 0.717) is 19.6 Å². The standard InChI is InChI=1S/C18H21NO2/c20-18(16-9-5-2-6-10-16,17-14-19-11-12-21-17)13-15-7-3-1-4-8-15/h1-10,17,19-20H,11-14H2/t17-,18?/m0/s1. The summed E-state index contributed by atoms with van der Waals surface area (Å²) in [5, 5.41) is 14.7. The highest BCUT2D eigenvalue weighted by Gasteiger charge is 2.40. The van der Waals surface area contributed by atoms with E-state index in [1.54, 1.807) is 0 Å². The Balaban J connectivity index is 1.94. The molecular formula is C18H21NO2. The molecule has 0 aromatic heterocycles. The Morgan fingerprint density at radius 3 is 2.33 bits per heavy atom. The van der Waals surface area contributed by atoms with Crippen LogP contribution in [-0.4, -0.2) is 30.9 Å². The van der Waals surface area contributed by atoms with Crippen molar-refractivity contribution in [1.82, 2.24) is 5.32 Å². The number of morpholine rings is 1. The van der Waals surface area contributed by atoms with E-state index >= 15 is 0 Å². The molecule has 1 unspecified atom stereocenters. The van der Waals surface area contributed by atoms with E-state index in [4.69, 9.17) is 4.74 Å². The summed E-state index contributed by atoms with van der Waals surface area (Å²) in [6, 6.07) is 19.9. The Morgan fingerprint density at radius 1 is 1.05 bits per heavy atom. The van der Waals surface area contributed by atoms with Gasteiger partial charge >= 0.3 is 0 Å². The smallest absolute Gasteiger partial charge is 0.121 e. The van der Waals surface area contributed by atoms with Crippen molar-refractivity contribution < 1.29 is 9.84 Å². The Bertz CT molecular complexity index is 552. The normalized spacial score (nSPS) is 21.7. The van der Waals surface area contributed by atoms with Gasteiger partial charge in [0.15, 0.2) is 0 Å². The van der Waals surface area contributed by atoms with Gasteiger partial charge in [0.05, 0.1) is 6.61 Å².